The molecule has 0 saturated heterocycles. The minimum absolute atomic E-state index is 0.0257. The van der Waals surface area contributed by atoms with Crippen LogP contribution in [0.25, 0.3) is 16.8 Å². The highest BCUT2D eigenvalue weighted by molar-refractivity contribution is 5.73. The average Bonchev–Trinajstić information content (AvgIpc) is 3.27. The normalized spacial score (nSPS) is 10.6. The Balaban J connectivity index is 1.65. The molecule has 0 aliphatic heterocycles. The van der Waals surface area contributed by atoms with E-state index in [1.807, 2.05) is 42.5 Å². The minimum Gasteiger partial charge on any atom is -0.497 e. The summed E-state index contributed by atoms with van der Waals surface area (Å²) in [6.45, 7) is 0.0862. The molecule has 4 rings (SSSR count). The van der Waals surface area contributed by atoms with Gasteiger partial charge in [-0.15, -0.1) is 5.10 Å². The van der Waals surface area contributed by atoms with Crippen molar-refractivity contribution in [2.75, 3.05) is 7.11 Å². The number of hydrogen-bond acceptors (Lipinski definition) is 7. The van der Waals surface area contributed by atoms with Gasteiger partial charge in [-0.3, -0.25) is 10.1 Å². The predicted octanol–water partition coefficient (Wildman–Crippen LogP) is 3.83. The maximum absolute atomic E-state index is 11.3. The highest BCUT2D eigenvalue weighted by Gasteiger charge is 2.16. The molecule has 0 amide bonds. The molecule has 4 aromatic rings. The minimum atomic E-state index is -0.438. The fourth-order valence-electron chi connectivity index (χ4n) is 2.96. The summed E-state index contributed by atoms with van der Waals surface area (Å²) >= 11 is 0. The van der Waals surface area contributed by atoms with Gasteiger partial charge in [0.15, 0.2) is 5.82 Å². The van der Waals surface area contributed by atoms with E-state index in [2.05, 4.69) is 15.5 Å². The van der Waals surface area contributed by atoms with Crippen molar-refractivity contribution in [1.82, 2.24) is 20.2 Å². The van der Waals surface area contributed by atoms with Gasteiger partial charge in [0.2, 0.25) is 0 Å². The molecular weight excluding hydrogens is 386 g/mol. The summed E-state index contributed by atoms with van der Waals surface area (Å²) in [5, 5.41) is 23.0. The molecular formula is C21H17N5O4. The first-order valence-corrected chi connectivity index (χ1v) is 9.04. The molecule has 30 heavy (non-hydrogen) atoms. The number of tetrazole rings is 1. The first-order chi connectivity index (χ1) is 14.7. The number of benzene rings is 3. The van der Waals surface area contributed by atoms with Crippen LogP contribution in [-0.2, 0) is 6.61 Å². The third-order valence-electron chi connectivity index (χ3n) is 4.47. The highest BCUT2D eigenvalue weighted by atomic mass is 16.6. The quantitative estimate of drug-likeness (QED) is 0.341. The van der Waals surface area contributed by atoms with Crippen molar-refractivity contribution in [3.8, 4) is 28.3 Å². The van der Waals surface area contributed by atoms with Gasteiger partial charge in [-0.25, -0.2) is 0 Å². The van der Waals surface area contributed by atoms with Gasteiger partial charge in [-0.05, 0) is 46.3 Å². The zero-order valence-electron chi connectivity index (χ0n) is 16.0. The number of aromatic nitrogens is 4. The van der Waals surface area contributed by atoms with Crippen LogP contribution in [-0.4, -0.2) is 32.2 Å². The Morgan fingerprint density at radius 2 is 1.80 bits per heavy atom. The van der Waals surface area contributed by atoms with Crippen molar-refractivity contribution in [2.24, 2.45) is 0 Å². The second-order valence-corrected chi connectivity index (χ2v) is 6.30. The van der Waals surface area contributed by atoms with Crippen LogP contribution < -0.4 is 9.47 Å². The summed E-state index contributed by atoms with van der Waals surface area (Å²) in [5.41, 5.74) is 2.13. The summed E-state index contributed by atoms with van der Waals surface area (Å²) in [6.07, 6.45) is 0. The molecule has 0 bridgehead atoms. The van der Waals surface area contributed by atoms with Crippen LogP contribution in [0.2, 0.25) is 0 Å². The molecule has 1 aromatic heterocycles. The zero-order valence-corrected chi connectivity index (χ0v) is 16.0. The Kier molecular flexibility index (Phi) is 5.33. The number of ether oxygens (including phenoxy) is 2. The molecule has 0 spiro atoms. The number of hydrogen-bond donors (Lipinski definition) is 0. The standard InChI is InChI=1S/C21H17N5O4/c1-29-18-10-7-15(8-11-18)19-13-17(26(27)28)9-12-20(19)30-14-21-22-23-24-25(21)16-5-3-2-4-6-16/h2-13H,14H2,1H3. The molecule has 0 saturated carbocycles. The molecule has 0 fully saturated rings. The van der Waals surface area contributed by atoms with Crippen LogP contribution in [0.3, 0.4) is 0 Å². The van der Waals surface area contributed by atoms with Gasteiger partial charge in [0.1, 0.15) is 18.1 Å². The maximum atomic E-state index is 11.3. The molecule has 0 aliphatic rings. The summed E-state index contributed by atoms with van der Waals surface area (Å²) in [5.74, 6) is 1.67. The summed E-state index contributed by atoms with van der Waals surface area (Å²) < 4.78 is 12.7. The lowest BCUT2D eigenvalue weighted by Gasteiger charge is -2.12. The van der Waals surface area contributed by atoms with Crippen LogP contribution in [0.1, 0.15) is 5.82 Å². The smallest absolute Gasteiger partial charge is 0.270 e. The Labute approximate surface area is 171 Å². The molecule has 9 heteroatoms. The fourth-order valence-corrected chi connectivity index (χ4v) is 2.96. The van der Waals surface area contributed by atoms with Crippen molar-refractivity contribution in [1.29, 1.82) is 0 Å². The van der Waals surface area contributed by atoms with Gasteiger partial charge in [0, 0.05) is 17.7 Å². The predicted molar refractivity (Wildman–Crippen MR) is 109 cm³/mol. The van der Waals surface area contributed by atoms with Crippen molar-refractivity contribution in [3.63, 3.8) is 0 Å². The second-order valence-electron chi connectivity index (χ2n) is 6.30. The molecule has 9 nitrogen and oxygen atoms in total. The summed E-state index contributed by atoms with van der Waals surface area (Å²) in [6, 6.07) is 21.1. The van der Waals surface area contributed by atoms with Crippen molar-refractivity contribution in [2.45, 2.75) is 6.61 Å². The van der Waals surface area contributed by atoms with Crippen LogP contribution in [0.4, 0.5) is 5.69 Å². The number of methoxy groups -OCH3 is 1. The summed E-state index contributed by atoms with van der Waals surface area (Å²) in [4.78, 5) is 10.8. The maximum Gasteiger partial charge on any atom is 0.270 e. The third kappa shape index (κ3) is 3.95. The number of para-hydroxylation sites is 1. The van der Waals surface area contributed by atoms with Crippen LogP contribution >= 0.6 is 0 Å². The number of nitrogens with zero attached hydrogens (tertiary/aromatic N) is 5. The highest BCUT2D eigenvalue weighted by Crippen LogP contribution is 2.34. The monoisotopic (exact) mass is 403 g/mol. The average molecular weight is 403 g/mol. The molecule has 150 valence electrons. The number of nitro groups is 1. The lowest BCUT2D eigenvalue weighted by molar-refractivity contribution is -0.384. The van der Waals surface area contributed by atoms with Crippen LogP contribution in [0, 0.1) is 10.1 Å². The van der Waals surface area contributed by atoms with E-state index in [4.69, 9.17) is 9.47 Å². The lowest BCUT2D eigenvalue weighted by atomic mass is 10.0. The van der Waals surface area contributed by atoms with Crippen molar-refractivity contribution >= 4 is 5.69 Å². The molecule has 0 atom stereocenters. The Morgan fingerprint density at radius 3 is 2.50 bits per heavy atom. The third-order valence-corrected chi connectivity index (χ3v) is 4.47. The first kappa shape index (κ1) is 19.1. The van der Waals surface area contributed by atoms with Gasteiger partial charge < -0.3 is 9.47 Å². The largest absolute Gasteiger partial charge is 0.497 e. The van der Waals surface area contributed by atoms with E-state index >= 15 is 0 Å². The Hall–Kier alpha value is -4.27. The number of rotatable bonds is 7. The Morgan fingerprint density at radius 1 is 1.03 bits per heavy atom. The van der Waals surface area contributed by atoms with E-state index in [9.17, 15) is 10.1 Å². The van der Waals surface area contributed by atoms with Crippen molar-refractivity contribution < 1.29 is 14.4 Å². The van der Waals surface area contributed by atoms with Gasteiger partial charge in [0.25, 0.3) is 5.69 Å². The zero-order chi connectivity index (χ0) is 20.9. The number of non-ortho nitro benzene ring substituents is 1. The molecule has 3 aromatic carbocycles. The topological polar surface area (TPSA) is 105 Å². The van der Waals surface area contributed by atoms with E-state index in [1.165, 1.54) is 12.1 Å². The SMILES string of the molecule is COc1ccc(-c2cc([N+](=O)[O-])ccc2OCc2nnnn2-c2ccccc2)cc1. The van der Waals surface area contributed by atoms with E-state index < -0.39 is 4.92 Å². The molecule has 0 aliphatic carbocycles. The van der Waals surface area contributed by atoms with E-state index in [1.54, 1.807) is 30.0 Å². The molecule has 0 N–H and O–H groups in total. The summed E-state index contributed by atoms with van der Waals surface area (Å²) in [7, 11) is 1.58. The number of nitro benzene ring substituents is 1. The van der Waals surface area contributed by atoms with Gasteiger partial charge in [-0.2, -0.15) is 4.68 Å². The molecule has 0 unspecified atom stereocenters. The first-order valence-electron chi connectivity index (χ1n) is 9.04. The fraction of sp³-hybridized carbons (Fsp3) is 0.0952. The van der Waals surface area contributed by atoms with Crippen LogP contribution in [0.5, 0.6) is 11.5 Å². The van der Waals surface area contributed by atoms with Crippen molar-refractivity contribution in [3.05, 3.63) is 88.7 Å². The van der Waals surface area contributed by atoms with E-state index in [0.29, 0.717) is 22.9 Å². The van der Waals surface area contributed by atoms with Gasteiger partial charge in [-0.1, -0.05) is 30.3 Å². The van der Waals surface area contributed by atoms with Gasteiger partial charge >= 0.3 is 0 Å². The van der Waals surface area contributed by atoms with E-state index in [-0.39, 0.29) is 12.3 Å². The van der Waals surface area contributed by atoms with Crippen LogP contribution in [0.15, 0.2) is 72.8 Å². The Bertz CT molecular complexity index is 1160. The lowest BCUT2D eigenvalue weighted by Crippen LogP contribution is -2.07. The van der Waals surface area contributed by atoms with E-state index in [0.717, 1.165) is 11.3 Å². The molecule has 1 heterocycles. The second kappa shape index (κ2) is 8.39. The molecule has 0 radical (unpaired) electrons. The van der Waals surface area contributed by atoms with Gasteiger partial charge in [0.05, 0.1) is 17.7 Å².